The van der Waals surface area contributed by atoms with Crippen LogP contribution in [0.15, 0.2) is 60.9 Å². The second-order valence-electron chi connectivity index (χ2n) is 9.35. The fourth-order valence-corrected chi connectivity index (χ4v) is 4.33. The minimum Gasteiger partial charge on any atom is -0.494 e. The highest BCUT2D eigenvalue weighted by atomic mass is 16.5. The molecule has 7 nitrogen and oxygen atoms in total. The molecular formula is C27H35N3O4. The zero-order chi connectivity index (χ0) is 24.0. The van der Waals surface area contributed by atoms with Gasteiger partial charge in [-0.05, 0) is 61.2 Å². The summed E-state index contributed by atoms with van der Waals surface area (Å²) >= 11 is 0. The van der Waals surface area contributed by atoms with Gasteiger partial charge in [0.25, 0.3) is 0 Å². The summed E-state index contributed by atoms with van der Waals surface area (Å²) in [5.41, 5.74) is 2.04. The Bertz CT molecular complexity index is 1070. The van der Waals surface area contributed by atoms with Crippen LogP contribution in [0.5, 0.6) is 11.5 Å². The van der Waals surface area contributed by atoms with Gasteiger partial charge in [-0.1, -0.05) is 24.3 Å². The number of piperidine rings is 1. The number of benzene rings is 2. The van der Waals surface area contributed by atoms with Gasteiger partial charge in [0.1, 0.15) is 23.7 Å². The lowest BCUT2D eigenvalue weighted by Gasteiger charge is -2.42. The van der Waals surface area contributed by atoms with E-state index in [1.54, 1.807) is 0 Å². The fourth-order valence-electron chi connectivity index (χ4n) is 4.33. The van der Waals surface area contributed by atoms with Crippen LogP contribution in [0.25, 0.3) is 0 Å². The highest BCUT2D eigenvalue weighted by Crippen LogP contribution is 2.26. The molecule has 2 N–H and O–H groups in total. The van der Waals surface area contributed by atoms with E-state index >= 15 is 0 Å². The third-order valence-electron chi connectivity index (χ3n) is 6.18. The number of nitrogens with zero attached hydrogens (tertiary/aromatic N) is 3. The van der Waals surface area contributed by atoms with E-state index in [0.717, 1.165) is 35.4 Å². The monoisotopic (exact) mass is 465 g/mol. The first-order valence-electron chi connectivity index (χ1n) is 11.9. The number of β-amino-alcohol motifs (C(OH)–C–C–N with tert-alkyl or cyclic N) is 1. The van der Waals surface area contributed by atoms with Crippen LogP contribution in [0, 0.1) is 13.8 Å². The predicted molar refractivity (Wildman–Crippen MR) is 131 cm³/mol. The predicted octanol–water partition coefficient (Wildman–Crippen LogP) is 3.35. The van der Waals surface area contributed by atoms with Crippen LogP contribution < -0.4 is 9.47 Å². The third kappa shape index (κ3) is 6.59. The Morgan fingerprint density at radius 2 is 1.85 bits per heavy atom. The molecule has 1 aliphatic rings. The van der Waals surface area contributed by atoms with Crippen molar-refractivity contribution in [2.24, 2.45) is 0 Å². The Kier molecular flexibility index (Phi) is 7.88. The Morgan fingerprint density at radius 3 is 2.62 bits per heavy atom. The lowest BCUT2D eigenvalue weighted by atomic mass is 9.90. The third-order valence-corrected chi connectivity index (χ3v) is 6.18. The van der Waals surface area contributed by atoms with E-state index in [2.05, 4.69) is 16.1 Å². The van der Waals surface area contributed by atoms with Gasteiger partial charge < -0.3 is 19.7 Å². The molecule has 2 atom stereocenters. The van der Waals surface area contributed by atoms with E-state index in [1.165, 1.54) is 0 Å². The summed E-state index contributed by atoms with van der Waals surface area (Å²) in [5, 5.41) is 26.0. The van der Waals surface area contributed by atoms with Gasteiger partial charge in [0.15, 0.2) is 0 Å². The maximum Gasteiger partial charge on any atom is 0.137 e. The summed E-state index contributed by atoms with van der Waals surface area (Å²) in [6, 6.07) is 15.8. The van der Waals surface area contributed by atoms with Crippen LogP contribution in [-0.2, 0) is 13.1 Å². The van der Waals surface area contributed by atoms with Crippen molar-refractivity contribution >= 4 is 0 Å². The summed E-state index contributed by atoms with van der Waals surface area (Å²) in [5.74, 6) is 1.54. The lowest BCUT2D eigenvalue weighted by molar-refractivity contribution is -0.140. The molecular weight excluding hydrogens is 430 g/mol. The minimum atomic E-state index is -1.32. The molecule has 3 aromatic rings. The number of aliphatic hydroxyl groups is 2. The first-order chi connectivity index (χ1) is 16.4. The quantitative estimate of drug-likeness (QED) is 0.447. The standard InChI is InChI=1S/C27H35N3O4/c1-21-6-3-8-24(14-21)34-20-27(32)19-29(12-10-26(27)31)18-23-7-4-9-25(15-23)33-13-5-11-30-17-22(2)16-28-30/h3-4,6-9,14-17,26,31-32H,5,10-13,18-20H2,1-2H3/t26-,27-/m0/s1. The van der Waals surface area contributed by atoms with Gasteiger partial charge in [0.05, 0.1) is 18.9 Å². The van der Waals surface area contributed by atoms with Crippen molar-refractivity contribution in [3.63, 3.8) is 0 Å². The SMILES string of the molecule is Cc1cccc(OC[C@@]2(O)CN(Cc3cccc(OCCCn4cc(C)cn4)c3)CC[C@@H]2O)c1. The number of hydrogen-bond donors (Lipinski definition) is 2. The number of aliphatic hydroxyl groups excluding tert-OH is 1. The van der Waals surface area contributed by atoms with Crippen molar-refractivity contribution < 1.29 is 19.7 Å². The summed E-state index contributed by atoms with van der Waals surface area (Å²) < 4.78 is 13.7. The van der Waals surface area contributed by atoms with E-state index in [0.29, 0.717) is 38.4 Å². The second kappa shape index (κ2) is 11.0. The number of aryl methyl sites for hydroxylation is 3. The highest BCUT2D eigenvalue weighted by Gasteiger charge is 2.42. The molecule has 0 spiro atoms. The van der Waals surface area contributed by atoms with E-state index in [4.69, 9.17) is 9.47 Å². The Labute approximate surface area is 201 Å². The largest absolute Gasteiger partial charge is 0.494 e. The van der Waals surface area contributed by atoms with Gasteiger partial charge in [0.2, 0.25) is 0 Å². The Morgan fingerprint density at radius 1 is 1.06 bits per heavy atom. The Hall–Kier alpha value is -2.87. The summed E-state index contributed by atoms with van der Waals surface area (Å²) in [6.45, 7) is 7.25. The maximum absolute atomic E-state index is 11.2. The van der Waals surface area contributed by atoms with Crippen molar-refractivity contribution in [3.05, 3.63) is 77.6 Å². The molecule has 4 rings (SSSR count). The maximum atomic E-state index is 11.2. The van der Waals surface area contributed by atoms with Crippen LogP contribution in [0.3, 0.4) is 0 Å². The molecule has 0 bridgehead atoms. The molecule has 2 heterocycles. The van der Waals surface area contributed by atoms with Gasteiger partial charge in [-0.15, -0.1) is 0 Å². The molecule has 0 aliphatic carbocycles. The van der Waals surface area contributed by atoms with Crippen molar-refractivity contribution in [1.29, 1.82) is 0 Å². The van der Waals surface area contributed by atoms with Crippen LogP contribution in [0.4, 0.5) is 0 Å². The molecule has 0 unspecified atom stereocenters. The van der Waals surface area contributed by atoms with Crippen LogP contribution in [0.2, 0.25) is 0 Å². The van der Waals surface area contributed by atoms with E-state index in [9.17, 15) is 10.2 Å². The molecule has 0 saturated carbocycles. The summed E-state index contributed by atoms with van der Waals surface area (Å²) in [4.78, 5) is 2.16. The summed E-state index contributed by atoms with van der Waals surface area (Å²) in [7, 11) is 0. The van der Waals surface area contributed by atoms with Crippen molar-refractivity contribution in [2.45, 2.75) is 51.5 Å². The second-order valence-corrected chi connectivity index (χ2v) is 9.35. The highest BCUT2D eigenvalue weighted by molar-refractivity contribution is 5.29. The number of likely N-dealkylation sites (tertiary alicyclic amines) is 1. The van der Waals surface area contributed by atoms with Gasteiger partial charge in [-0.2, -0.15) is 5.10 Å². The van der Waals surface area contributed by atoms with Crippen LogP contribution >= 0.6 is 0 Å². The number of aromatic nitrogens is 2. The number of hydrogen-bond acceptors (Lipinski definition) is 6. The molecule has 1 fully saturated rings. The van der Waals surface area contributed by atoms with Crippen molar-refractivity contribution in [3.8, 4) is 11.5 Å². The lowest BCUT2D eigenvalue weighted by Crippen LogP contribution is -2.59. The minimum absolute atomic E-state index is 0.0487. The average Bonchev–Trinajstić information content (AvgIpc) is 3.23. The Balaban J connectivity index is 1.28. The topological polar surface area (TPSA) is 80.0 Å². The van der Waals surface area contributed by atoms with Crippen LogP contribution in [0.1, 0.15) is 29.5 Å². The van der Waals surface area contributed by atoms with Gasteiger partial charge in [-0.3, -0.25) is 9.58 Å². The van der Waals surface area contributed by atoms with E-state index < -0.39 is 11.7 Å². The van der Waals surface area contributed by atoms with Gasteiger partial charge in [-0.25, -0.2) is 0 Å². The average molecular weight is 466 g/mol. The number of rotatable bonds is 10. The van der Waals surface area contributed by atoms with Gasteiger partial charge >= 0.3 is 0 Å². The zero-order valence-electron chi connectivity index (χ0n) is 20.1. The van der Waals surface area contributed by atoms with Crippen LogP contribution in [-0.4, -0.2) is 62.9 Å². The molecule has 1 saturated heterocycles. The molecule has 2 aromatic carbocycles. The number of ether oxygens (including phenoxy) is 2. The zero-order valence-corrected chi connectivity index (χ0v) is 20.1. The van der Waals surface area contributed by atoms with Gasteiger partial charge in [0, 0.05) is 38.8 Å². The fraction of sp³-hybridized carbons (Fsp3) is 0.444. The first-order valence-corrected chi connectivity index (χ1v) is 11.9. The van der Waals surface area contributed by atoms with E-state index in [1.807, 2.05) is 73.4 Å². The smallest absolute Gasteiger partial charge is 0.137 e. The normalized spacial score (nSPS) is 20.9. The molecule has 0 amide bonds. The van der Waals surface area contributed by atoms with Crippen molar-refractivity contribution in [2.75, 3.05) is 26.3 Å². The molecule has 34 heavy (non-hydrogen) atoms. The molecule has 1 aliphatic heterocycles. The first kappa shape index (κ1) is 24.3. The van der Waals surface area contributed by atoms with E-state index in [-0.39, 0.29) is 6.61 Å². The van der Waals surface area contributed by atoms with Crippen molar-refractivity contribution in [1.82, 2.24) is 14.7 Å². The molecule has 0 radical (unpaired) electrons. The molecule has 182 valence electrons. The summed E-state index contributed by atoms with van der Waals surface area (Å²) in [6.07, 6.45) is 4.45. The molecule has 7 heteroatoms. The molecule has 1 aromatic heterocycles.